The second kappa shape index (κ2) is 9.74. The highest BCUT2D eigenvalue weighted by molar-refractivity contribution is 5.97. The molecular formula is C26H33N3O3. The van der Waals surface area contributed by atoms with E-state index in [4.69, 9.17) is 10.5 Å². The molecule has 2 aliphatic heterocycles. The largest absolute Gasteiger partial charge is 0.448 e. The Hall–Kier alpha value is -2.86. The maximum Gasteiger partial charge on any atom is 0.404 e. The van der Waals surface area contributed by atoms with Gasteiger partial charge < -0.3 is 15.4 Å². The first kappa shape index (κ1) is 22.3. The van der Waals surface area contributed by atoms with Gasteiger partial charge in [-0.25, -0.2) is 4.79 Å². The molecule has 2 aliphatic rings. The third-order valence-electron chi connectivity index (χ3n) is 7.04. The van der Waals surface area contributed by atoms with Crippen LogP contribution in [0.4, 0.5) is 4.79 Å². The molecule has 0 aliphatic carbocycles. The van der Waals surface area contributed by atoms with Gasteiger partial charge in [0.1, 0.15) is 6.61 Å². The number of hydrogen-bond acceptors (Lipinski definition) is 4. The zero-order valence-electron chi connectivity index (χ0n) is 19.0. The summed E-state index contributed by atoms with van der Waals surface area (Å²) in [6, 6.07) is 16.5. The van der Waals surface area contributed by atoms with Crippen LogP contribution >= 0.6 is 0 Å². The summed E-state index contributed by atoms with van der Waals surface area (Å²) in [4.78, 5) is 28.9. The Balaban J connectivity index is 1.38. The number of carbonyl (C=O) groups is 2. The number of nitrogens with zero attached hydrogens (tertiary/aromatic N) is 2. The average Bonchev–Trinajstić information content (AvgIpc) is 3.33. The van der Waals surface area contributed by atoms with Crippen molar-refractivity contribution in [3.8, 4) is 0 Å². The molecule has 2 saturated heterocycles. The summed E-state index contributed by atoms with van der Waals surface area (Å²) in [6.45, 7) is 7.74. The van der Waals surface area contributed by atoms with Crippen LogP contribution < -0.4 is 5.73 Å². The van der Waals surface area contributed by atoms with Crippen LogP contribution in [0.3, 0.4) is 0 Å². The van der Waals surface area contributed by atoms with E-state index in [9.17, 15) is 9.59 Å². The summed E-state index contributed by atoms with van der Waals surface area (Å²) in [5.74, 6) is 1.06. The van der Waals surface area contributed by atoms with E-state index in [1.807, 2.05) is 55.1 Å². The van der Waals surface area contributed by atoms with Gasteiger partial charge in [-0.2, -0.15) is 0 Å². The summed E-state index contributed by atoms with van der Waals surface area (Å²) >= 11 is 0. The molecule has 32 heavy (non-hydrogen) atoms. The van der Waals surface area contributed by atoms with Crippen LogP contribution in [0.1, 0.15) is 33.5 Å². The molecule has 0 bridgehead atoms. The van der Waals surface area contributed by atoms with Crippen LogP contribution in [-0.4, -0.2) is 60.6 Å². The van der Waals surface area contributed by atoms with Gasteiger partial charge in [0.15, 0.2) is 0 Å². The number of nitrogens with two attached hydrogens (primary N) is 1. The van der Waals surface area contributed by atoms with Crippen molar-refractivity contribution in [3.63, 3.8) is 0 Å². The molecule has 2 aromatic rings. The fourth-order valence-electron chi connectivity index (χ4n) is 5.33. The second-order valence-electron chi connectivity index (χ2n) is 9.26. The van der Waals surface area contributed by atoms with Crippen LogP contribution in [0, 0.1) is 25.7 Å². The van der Waals surface area contributed by atoms with Crippen LogP contribution in [0.25, 0.3) is 0 Å². The van der Waals surface area contributed by atoms with Crippen LogP contribution in [0.5, 0.6) is 0 Å². The van der Waals surface area contributed by atoms with Gasteiger partial charge in [-0.3, -0.25) is 9.69 Å². The maximum atomic E-state index is 13.2. The molecule has 170 valence electrons. The number of benzene rings is 2. The zero-order valence-corrected chi connectivity index (χ0v) is 19.0. The molecule has 0 radical (unpaired) electrons. The molecule has 2 fully saturated rings. The van der Waals surface area contributed by atoms with Gasteiger partial charge >= 0.3 is 6.09 Å². The molecule has 0 saturated carbocycles. The molecule has 0 spiro atoms. The third kappa shape index (κ3) is 4.96. The van der Waals surface area contributed by atoms with Crippen molar-refractivity contribution in [2.24, 2.45) is 17.6 Å². The minimum absolute atomic E-state index is 0.135. The van der Waals surface area contributed by atoms with Crippen molar-refractivity contribution < 1.29 is 14.3 Å². The van der Waals surface area contributed by atoms with Gasteiger partial charge in [0.05, 0.1) is 0 Å². The SMILES string of the molecule is Cc1cccc(C)c1C(=O)N1CC2CN(C(CCc3ccccc3)COC(N)=O)CC2C1. The fourth-order valence-corrected chi connectivity index (χ4v) is 5.33. The molecule has 2 heterocycles. The van der Waals surface area contributed by atoms with E-state index in [-0.39, 0.29) is 11.9 Å². The van der Waals surface area contributed by atoms with E-state index >= 15 is 0 Å². The molecule has 6 heteroatoms. The van der Waals surface area contributed by atoms with Crippen molar-refractivity contribution in [1.82, 2.24) is 9.80 Å². The lowest BCUT2D eigenvalue weighted by Gasteiger charge is -2.29. The number of hydrogen-bond donors (Lipinski definition) is 1. The summed E-state index contributed by atoms with van der Waals surface area (Å²) in [6.07, 6.45) is 1.11. The quantitative estimate of drug-likeness (QED) is 0.723. The van der Waals surface area contributed by atoms with Gasteiger partial charge in [-0.1, -0.05) is 48.5 Å². The molecule has 4 rings (SSSR count). The Labute approximate surface area is 190 Å². The molecule has 2 aromatic carbocycles. The highest BCUT2D eigenvalue weighted by atomic mass is 16.5. The number of primary amides is 1. The number of carbonyl (C=O) groups excluding carboxylic acids is 2. The van der Waals surface area contributed by atoms with Gasteiger partial charge in [-0.15, -0.1) is 0 Å². The Kier molecular flexibility index (Phi) is 6.80. The monoisotopic (exact) mass is 435 g/mol. The third-order valence-corrected chi connectivity index (χ3v) is 7.04. The maximum absolute atomic E-state index is 13.2. The Morgan fingerprint density at radius 2 is 1.59 bits per heavy atom. The minimum atomic E-state index is -0.723. The number of rotatable bonds is 7. The Morgan fingerprint density at radius 3 is 2.19 bits per heavy atom. The first-order valence-corrected chi connectivity index (χ1v) is 11.5. The second-order valence-corrected chi connectivity index (χ2v) is 9.26. The lowest BCUT2D eigenvalue weighted by atomic mass is 10.0. The summed E-state index contributed by atoms with van der Waals surface area (Å²) in [5.41, 5.74) is 9.45. The van der Waals surface area contributed by atoms with Gasteiger partial charge in [0.25, 0.3) is 5.91 Å². The highest BCUT2D eigenvalue weighted by Gasteiger charge is 2.43. The molecule has 2 N–H and O–H groups in total. The first-order valence-electron chi connectivity index (χ1n) is 11.5. The molecule has 6 nitrogen and oxygen atoms in total. The Morgan fingerprint density at radius 1 is 0.969 bits per heavy atom. The first-order chi connectivity index (χ1) is 15.4. The zero-order chi connectivity index (χ0) is 22.7. The van der Waals surface area contributed by atoms with Crippen molar-refractivity contribution in [2.75, 3.05) is 32.8 Å². The summed E-state index contributed by atoms with van der Waals surface area (Å²) in [5, 5.41) is 0. The normalized spacial score (nSPS) is 21.4. The summed E-state index contributed by atoms with van der Waals surface area (Å²) < 4.78 is 5.20. The van der Waals surface area contributed by atoms with Crippen molar-refractivity contribution in [3.05, 3.63) is 70.8 Å². The number of ether oxygens (including phenoxy) is 1. The topological polar surface area (TPSA) is 75.9 Å². The number of aryl methyl sites for hydroxylation is 3. The standard InChI is InChI=1S/C26H33N3O3/c1-18-7-6-8-19(2)24(18)25(30)29-15-21-13-28(14-22(21)16-29)23(17-32-26(27)31)12-11-20-9-4-3-5-10-20/h3-10,21-23H,11-17H2,1-2H3,(H2,27,31). The summed E-state index contributed by atoms with van der Waals surface area (Å²) in [7, 11) is 0. The van der Waals surface area contributed by atoms with Crippen LogP contribution in [-0.2, 0) is 11.2 Å². The lowest BCUT2D eigenvalue weighted by molar-refractivity contribution is 0.0741. The number of likely N-dealkylation sites (tertiary alicyclic amines) is 2. The predicted molar refractivity (Wildman–Crippen MR) is 124 cm³/mol. The molecular weight excluding hydrogens is 402 g/mol. The van der Waals surface area contributed by atoms with Gasteiger partial charge in [-0.05, 0) is 55.2 Å². The van der Waals surface area contributed by atoms with E-state index in [1.54, 1.807) is 0 Å². The number of fused-ring (bicyclic) bond motifs is 1. The predicted octanol–water partition coefficient (Wildman–Crippen LogP) is 3.40. The van der Waals surface area contributed by atoms with Gasteiger partial charge in [0.2, 0.25) is 0 Å². The molecule has 0 aromatic heterocycles. The van der Waals surface area contributed by atoms with E-state index < -0.39 is 6.09 Å². The Bertz CT molecular complexity index is 928. The molecule has 2 amide bonds. The van der Waals surface area contributed by atoms with E-state index in [1.165, 1.54) is 5.56 Å². The number of amides is 2. The van der Waals surface area contributed by atoms with E-state index in [0.29, 0.717) is 18.4 Å². The van der Waals surface area contributed by atoms with Crippen LogP contribution in [0.2, 0.25) is 0 Å². The molecule has 3 atom stereocenters. The molecule has 3 unspecified atom stereocenters. The van der Waals surface area contributed by atoms with Crippen LogP contribution in [0.15, 0.2) is 48.5 Å². The van der Waals surface area contributed by atoms with Crippen molar-refractivity contribution >= 4 is 12.0 Å². The van der Waals surface area contributed by atoms with Crippen molar-refractivity contribution in [2.45, 2.75) is 32.7 Å². The smallest absolute Gasteiger partial charge is 0.404 e. The fraction of sp³-hybridized carbons (Fsp3) is 0.462. The van der Waals surface area contributed by atoms with E-state index in [2.05, 4.69) is 17.0 Å². The minimum Gasteiger partial charge on any atom is -0.448 e. The van der Waals surface area contributed by atoms with Crippen molar-refractivity contribution in [1.29, 1.82) is 0 Å². The lowest BCUT2D eigenvalue weighted by Crippen LogP contribution is -2.41. The van der Waals surface area contributed by atoms with E-state index in [0.717, 1.165) is 55.7 Å². The average molecular weight is 436 g/mol. The highest BCUT2D eigenvalue weighted by Crippen LogP contribution is 2.34. The van der Waals surface area contributed by atoms with Gasteiger partial charge in [0, 0.05) is 37.8 Å².